The summed E-state index contributed by atoms with van der Waals surface area (Å²) in [4.78, 5) is 12.9. The van der Waals surface area contributed by atoms with Crippen molar-refractivity contribution in [2.45, 2.75) is 51.3 Å². The Labute approximate surface area is 91.2 Å². The minimum absolute atomic E-state index is 0.122. The van der Waals surface area contributed by atoms with Gasteiger partial charge in [-0.1, -0.05) is 6.92 Å². The first-order valence-corrected chi connectivity index (χ1v) is 5.61. The molecule has 0 aromatic heterocycles. The van der Waals surface area contributed by atoms with Gasteiger partial charge in [0.1, 0.15) is 0 Å². The molecule has 1 rings (SSSR count). The topological polar surface area (TPSA) is 49.8 Å². The van der Waals surface area contributed by atoms with E-state index in [0.717, 1.165) is 19.4 Å². The minimum Gasteiger partial charge on any atom is -0.481 e. The number of hydrogen-bond donors (Lipinski definition) is 1. The standard InChI is InChI=1S/C11H21NO3/c1-4-9(7-11(13)14)12(3)10-5-6-15-8(10)2/h8-10H,4-7H2,1-3H3,(H,13,14). The van der Waals surface area contributed by atoms with E-state index < -0.39 is 5.97 Å². The summed E-state index contributed by atoms with van der Waals surface area (Å²) < 4.78 is 5.50. The lowest BCUT2D eigenvalue weighted by Crippen LogP contribution is -2.44. The number of nitrogens with zero attached hydrogens (tertiary/aromatic N) is 1. The zero-order valence-electron chi connectivity index (χ0n) is 9.77. The molecule has 0 spiro atoms. The maximum Gasteiger partial charge on any atom is 0.304 e. The third-order valence-electron chi connectivity index (χ3n) is 3.32. The quantitative estimate of drug-likeness (QED) is 0.752. The van der Waals surface area contributed by atoms with Gasteiger partial charge in [0.05, 0.1) is 12.5 Å². The van der Waals surface area contributed by atoms with Crippen molar-refractivity contribution >= 4 is 5.97 Å². The molecule has 1 saturated heterocycles. The first kappa shape index (κ1) is 12.5. The Morgan fingerprint density at radius 3 is 2.73 bits per heavy atom. The van der Waals surface area contributed by atoms with Gasteiger partial charge in [-0.25, -0.2) is 0 Å². The van der Waals surface area contributed by atoms with Gasteiger partial charge in [-0.3, -0.25) is 9.69 Å². The SMILES string of the molecule is CCC(CC(=O)O)N(C)C1CCOC1C. The van der Waals surface area contributed by atoms with Gasteiger partial charge in [0.25, 0.3) is 0 Å². The molecular weight excluding hydrogens is 194 g/mol. The van der Waals surface area contributed by atoms with Crippen LogP contribution >= 0.6 is 0 Å². The van der Waals surface area contributed by atoms with Gasteiger partial charge in [-0.05, 0) is 26.8 Å². The molecule has 88 valence electrons. The van der Waals surface area contributed by atoms with E-state index in [2.05, 4.69) is 11.8 Å². The number of likely N-dealkylation sites (N-methyl/N-ethyl adjacent to an activating group) is 1. The van der Waals surface area contributed by atoms with Crippen molar-refractivity contribution < 1.29 is 14.6 Å². The average molecular weight is 215 g/mol. The van der Waals surface area contributed by atoms with E-state index in [0.29, 0.717) is 6.04 Å². The monoisotopic (exact) mass is 215 g/mol. The van der Waals surface area contributed by atoms with Gasteiger partial charge in [0, 0.05) is 18.7 Å². The number of rotatable bonds is 5. The second-order valence-electron chi connectivity index (χ2n) is 4.26. The molecule has 0 radical (unpaired) electrons. The van der Waals surface area contributed by atoms with Crippen LogP contribution in [0.25, 0.3) is 0 Å². The molecule has 4 nitrogen and oxygen atoms in total. The van der Waals surface area contributed by atoms with Gasteiger partial charge >= 0.3 is 5.97 Å². The lowest BCUT2D eigenvalue weighted by Gasteiger charge is -2.33. The Morgan fingerprint density at radius 2 is 2.33 bits per heavy atom. The largest absolute Gasteiger partial charge is 0.481 e. The summed E-state index contributed by atoms with van der Waals surface area (Å²) in [5, 5.41) is 8.81. The number of ether oxygens (including phenoxy) is 1. The fraction of sp³-hybridized carbons (Fsp3) is 0.909. The molecule has 1 aliphatic rings. The number of carbonyl (C=O) groups is 1. The van der Waals surface area contributed by atoms with Crippen LogP contribution in [0.5, 0.6) is 0 Å². The van der Waals surface area contributed by atoms with Crippen LogP contribution in [0.15, 0.2) is 0 Å². The van der Waals surface area contributed by atoms with Crippen LogP contribution in [-0.2, 0) is 9.53 Å². The fourth-order valence-corrected chi connectivity index (χ4v) is 2.30. The molecule has 1 aliphatic heterocycles. The van der Waals surface area contributed by atoms with Crippen molar-refractivity contribution in [3.63, 3.8) is 0 Å². The third kappa shape index (κ3) is 3.18. The molecule has 0 aromatic carbocycles. The van der Waals surface area contributed by atoms with Crippen molar-refractivity contribution in [2.24, 2.45) is 0 Å². The molecular formula is C11H21NO3. The van der Waals surface area contributed by atoms with Crippen molar-refractivity contribution in [3.05, 3.63) is 0 Å². The molecule has 1 fully saturated rings. The number of aliphatic carboxylic acids is 1. The van der Waals surface area contributed by atoms with Crippen LogP contribution in [-0.4, -0.2) is 47.8 Å². The van der Waals surface area contributed by atoms with Crippen molar-refractivity contribution in [3.8, 4) is 0 Å². The highest BCUT2D eigenvalue weighted by Crippen LogP contribution is 2.22. The smallest absolute Gasteiger partial charge is 0.304 e. The summed E-state index contributed by atoms with van der Waals surface area (Å²) >= 11 is 0. The first-order valence-electron chi connectivity index (χ1n) is 5.61. The normalized spacial score (nSPS) is 28.3. The summed E-state index contributed by atoms with van der Waals surface area (Å²) in [5.41, 5.74) is 0. The highest BCUT2D eigenvalue weighted by molar-refractivity contribution is 5.67. The van der Waals surface area contributed by atoms with Crippen molar-refractivity contribution in [1.82, 2.24) is 4.90 Å². The molecule has 0 saturated carbocycles. The summed E-state index contributed by atoms with van der Waals surface area (Å²) in [6, 6.07) is 0.492. The number of carboxylic acids is 1. The van der Waals surface area contributed by atoms with Crippen LogP contribution < -0.4 is 0 Å². The van der Waals surface area contributed by atoms with Crippen LogP contribution in [0.3, 0.4) is 0 Å². The molecule has 4 heteroatoms. The van der Waals surface area contributed by atoms with Gasteiger partial charge in [0.15, 0.2) is 0 Å². The van der Waals surface area contributed by atoms with Crippen molar-refractivity contribution in [2.75, 3.05) is 13.7 Å². The van der Waals surface area contributed by atoms with Crippen LogP contribution in [0, 0.1) is 0 Å². The summed E-state index contributed by atoms with van der Waals surface area (Å²) in [5.74, 6) is -0.722. The maximum atomic E-state index is 10.7. The summed E-state index contributed by atoms with van der Waals surface area (Å²) in [6.45, 7) is 4.88. The lowest BCUT2D eigenvalue weighted by atomic mass is 10.0. The second-order valence-corrected chi connectivity index (χ2v) is 4.26. The Kier molecular flexibility index (Phi) is 4.54. The van der Waals surface area contributed by atoms with Gasteiger partial charge in [0.2, 0.25) is 0 Å². The Morgan fingerprint density at radius 1 is 1.67 bits per heavy atom. The molecule has 1 N–H and O–H groups in total. The van der Waals surface area contributed by atoms with E-state index in [1.54, 1.807) is 0 Å². The highest BCUT2D eigenvalue weighted by Gasteiger charge is 2.31. The van der Waals surface area contributed by atoms with E-state index in [9.17, 15) is 4.79 Å². The number of hydrogen-bond acceptors (Lipinski definition) is 3. The molecule has 3 unspecified atom stereocenters. The van der Waals surface area contributed by atoms with E-state index in [1.165, 1.54) is 0 Å². The Balaban J connectivity index is 2.55. The molecule has 0 bridgehead atoms. The molecule has 0 aliphatic carbocycles. The third-order valence-corrected chi connectivity index (χ3v) is 3.32. The van der Waals surface area contributed by atoms with Crippen LogP contribution in [0.2, 0.25) is 0 Å². The zero-order chi connectivity index (χ0) is 11.4. The zero-order valence-corrected chi connectivity index (χ0v) is 9.77. The fourth-order valence-electron chi connectivity index (χ4n) is 2.30. The second kappa shape index (κ2) is 5.47. The molecule has 15 heavy (non-hydrogen) atoms. The van der Waals surface area contributed by atoms with E-state index in [1.807, 2.05) is 14.0 Å². The Bertz CT molecular complexity index is 220. The first-order chi connectivity index (χ1) is 7.06. The maximum absolute atomic E-state index is 10.7. The number of carboxylic acid groups (broad SMARTS) is 1. The molecule has 0 amide bonds. The Hall–Kier alpha value is -0.610. The van der Waals surface area contributed by atoms with E-state index in [4.69, 9.17) is 9.84 Å². The highest BCUT2D eigenvalue weighted by atomic mass is 16.5. The molecule has 1 heterocycles. The summed E-state index contributed by atoms with van der Waals surface area (Å²) in [6.07, 6.45) is 2.31. The van der Waals surface area contributed by atoms with Crippen LogP contribution in [0.4, 0.5) is 0 Å². The van der Waals surface area contributed by atoms with Gasteiger partial charge in [-0.2, -0.15) is 0 Å². The van der Waals surface area contributed by atoms with Gasteiger partial charge < -0.3 is 9.84 Å². The average Bonchev–Trinajstić information content (AvgIpc) is 2.59. The molecule has 3 atom stereocenters. The van der Waals surface area contributed by atoms with Crippen LogP contribution in [0.1, 0.15) is 33.1 Å². The van der Waals surface area contributed by atoms with Crippen molar-refractivity contribution in [1.29, 1.82) is 0 Å². The lowest BCUT2D eigenvalue weighted by molar-refractivity contribution is -0.138. The predicted molar refractivity (Wildman–Crippen MR) is 57.9 cm³/mol. The van der Waals surface area contributed by atoms with E-state index >= 15 is 0 Å². The van der Waals surface area contributed by atoms with E-state index in [-0.39, 0.29) is 18.6 Å². The summed E-state index contributed by atoms with van der Waals surface area (Å²) in [7, 11) is 2.01. The predicted octanol–water partition coefficient (Wildman–Crippen LogP) is 1.35. The van der Waals surface area contributed by atoms with Gasteiger partial charge in [-0.15, -0.1) is 0 Å². The molecule has 0 aromatic rings. The minimum atomic E-state index is -0.722.